The van der Waals surface area contributed by atoms with Crippen LogP contribution in [0.25, 0.3) is 0 Å². The normalized spacial score (nSPS) is 20.9. The summed E-state index contributed by atoms with van der Waals surface area (Å²) in [5.41, 5.74) is 0. The summed E-state index contributed by atoms with van der Waals surface area (Å²) in [7, 11) is -0.426. The van der Waals surface area contributed by atoms with Gasteiger partial charge in [-0.05, 0) is 37.0 Å². The summed E-state index contributed by atoms with van der Waals surface area (Å²) in [4.78, 5) is 14.1. The third-order valence-electron chi connectivity index (χ3n) is 4.56. The molecule has 1 aliphatic rings. The van der Waals surface area contributed by atoms with Crippen molar-refractivity contribution in [3.8, 4) is 0 Å². The molecule has 0 spiro atoms. The summed E-state index contributed by atoms with van der Waals surface area (Å²) in [5.74, 6) is 0.822. The van der Waals surface area contributed by atoms with E-state index in [1.54, 1.807) is 6.92 Å². The zero-order chi connectivity index (χ0) is 16.2. The van der Waals surface area contributed by atoms with Crippen LogP contribution in [-0.2, 0) is 4.79 Å². The second kappa shape index (κ2) is 7.27. The lowest BCUT2D eigenvalue weighted by molar-refractivity contribution is -0.129. The van der Waals surface area contributed by atoms with E-state index in [0.717, 1.165) is 19.1 Å². The fourth-order valence-corrected chi connectivity index (χ4v) is 6.05. The Morgan fingerprint density at radius 2 is 1.57 bits per heavy atom. The van der Waals surface area contributed by atoms with Gasteiger partial charge in [0.1, 0.15) is 0 Å². The highest BCUT2D eigenvalue weighted by Crippen LogP contribution is 2.38. The molecular weight excluding hydrogens is 301 g/mol. The van der Waals surface area contributed by atoms with Crippen molar-refractivity contribution >= 4 is 24.4 Å². The van der Waals surface area contributed by atoms with E-state index in [-0.39, 0.29) is 5.91 Å². The minimum absolute atomic E-state index is 0.218. The number of rotatable bonds is 4. The van der Waals surface area contributed by atoms with Crippen molar-refractivity contribution in [3.05, 3.63) is 60.7 Å². The van der Waals surface area contributed by atoms with Crippen LogP contribution in [-0.4, -0.2) is 29.6 Å². The van der Waals surface area contributed by atoms with Gasteiger partial charge in [-0.25, -0.2) is 0 Å². The minimum atomic E-state index is -0.426. The van der Waals surface area contributed by atoms with Crippen molar-refractivity contribution < 1.29 is 4.79 Å². The Bertz CT molecular complexity index is 604. The van der Waals surface area contributed by atoms with Crippen LogP contribution in [0.4, 0.5) is 0 Å². The molecule has 1 unspecified atom stereocenters. The molecule has 1 fully saturated rings. The molecule has 2 aromatic carbocycles. The highest BCUT2D eigenvalue weighted by molar-refractivity contribution is 7.73. The van der Waals surface area contributed by atoms with Crippen LogP contribution in [0.1, 0.15) is 20.3 Å². The molecule has 1 heterocycles. The van der Waals surface area contributed by atoms with Gasteiger partial charge in [0.05, 0.1) is 0 Å². The monoisotopic (exact) mass is 325 g/mol. The van der Waals surface area contributed by atoms with Crippen LogP contribution in [0.5, 0.6) is 0 Å². The zero-order valence-corrected chi connectivity index (χ0v) is 14.7. The van der Waals surface area contributed by atoms with Crippen molar-refractivity contribution in [2.24, 2.45) is 5.92 Å². The van der Waals surface area contributed by atoms with E-state index in [2.05, 4.69) is 72.5 Å². The van der Waals surface area contributed by atoms with Gasteiger partial charge >= 0.3 is 0 Å². The molecule has 0 N–H and O–H groups in total. The highest BCUT2D eigenvalue weighted by atomic mass is 31.1. The first-order valence-electron chi connectivity index (χ1n) is 8.30. The smallest absolute Gasteiger partial charge is 0.219 e. The third kappa shape index (κ3) is 3.82. The summed E-state index contributed by atoms with van der Waals surface area (Å²) >= 11 is 0. The number of benzene rings is 2. The molecule has 1 saturated heterocycles. The Balaban J connectivity index is 1.89. The van der Waals surface area contributed by atoms with Crippen LogP contribution < -0.4 is 10.6 Å². The number of nitrogens with zero attached hydrogens (tertiary/aromatic N) is 1. The van der Waals surface area contributed by atoms with Gasteiger partial charge in [0, 0.05) is 19.5 Å². The van der Waals surface area contributed by atoms with Crippen LogP contribution >= 0.6 is 7.92 Å². The van der Waals surface area contributed by atoms with E-state index >= 15 is 0 Å². The number of hydrogen-bond donors (Lipinski definition) is 0. The highest BCUT2D eigenvalue weighted by Gasteiger charge is 2.33. The Hall–Kier alpha value is -1.66. The average Bonchev–Trinajstić information content (AvgIpc) is 2.95. The van der Waals surface area contributed by atoms with E-state index in [1.807, 2.05) is 0 Å². The lowest BCUT2D eigenvalue weighted by Gasteiger charge is -2.28. The fraction of sp³-hybridized carbons (Fsp3) is 0.350. The SMILES string of the molecule is CC(=O)N1CC(C)C[C@H]1CP(c1ccccc1)c1ccccc1. The second-order valence-electron chi connectivity index (χ2n) is 6.45. The fourth-order valence-electron chi connectivity index (χ4n) is 3.50. The summed E-state index contributed by atoms with van der Waals surface area (Å²) in [6.07, 6.45) is 2.19. The molecule has 2 atom stereocenters. The van der Waals surface area contributed by atoms with Crippen molar-refractivity contribution in [2.75, 3.05) is 12.7 Å². The quantitative estimate of drug-likeness (QED) is 0.789. The summed E-state index contributed by atoms with van der Waals surface area (Å²) < 4.78 is 0. The van der Waals surface area contributed by atoms with Gasteiger partial charge in [-0.1, -0.05) is 67.6 Å². The molecule has 2 nitrogen and oxygen atoms in total. The number of carbonyl (C=O) groups excluding carboxylic acids is 1. The zero-order valence-electron chi connectivity index (χ0n) is 13.9. The number of hydrogen-bond acceptors (Lipinski definition) is 1. The molecule has 120 valence electrons. The Morgan fingerprint density at radius 3 is 2.04 bits per heavy atom. The maximum Gasteiger partial charge on any atom is 0.219 e. The van der Waals surface area contributed by atoms with Gasteiger partial charge in [-0.2, -0.15) is 0 Å². The summed E-state index contributed by atoms with van der Waals surface area (Å²) in [5, 5.41) is 2.80. The molecular formula is C20H24NOP. The Kier molecular flexibility index (Phi) is 5.13. The number of likely N-dealkylation sites (tertiary alicyclic amines) is 1. The van der Waals surface area contributed by atoms with Gasteiger partial charge in [0.15, 0.2) is 0 Å². The van der Waals surface area contributed by atoms with Gasteiger partial charge in [0.25, 0.3) is 0 Å². The van der Waals surface area contributed by atoms with Crippen molar-refractivity contribution in [1.82, 2.24) is 4.90 Å². The molecule has 3 rings (SSSR count). The molecule has 0 aromatic heterocycles. The van der Waals surface area contributed by atoms with E-state index in [9.17, 15) is 4.79 Å². The summed E-state index contributed by atoms with van der Waals surface area (Å²) in [6.45, 7) is 4.87. The molecule has 3 heteroatoms. The van der Waals surface area contributed by atoms with Crippen LogP contribution in [0, 0.1) is 5.92 Å². The first-order valence-corrected chi connectivity index (χ1v) is 9.82. The van der Waals surface area contributed by atoms with E-state index in [4.69, 9.17) is 0 Å². The Labute approximate surface area is 140 Å². The molecule has 0 aliphatic carbocycles. The van der Waals surface area contributed by atoms with Gasteiger partial charge in [-0.15, -0.1) is 0 Å². The van der Waals surface area contributed by atoms with Crippen LogP contribution in [0.15, 0.2) is 60.7 Å². The molecule has 23 heavy (non-hydrogen) atoms. The first-order chi connectivity index (χ1) is 11.1. The largest absolute Gasteiger partial charge is 0.339 e. The molecule has 1 aliphatic heterocycles. The van der Waals surface area contributed by atoms with Gasteiger partial charge in [0.2, 0.25) is 5.91 Å². The van der Waals surface area contributed by atoms with E-state index in [1.165, 1.54) is 10.6 Å². The van der Waals surface area contributed by atoms with E-state index < -0.39 is 7.92 Å². The maximum atomic E-state index is 12.0. The standard InChI is InChI=1S/C20H24NOP/c1-16-13-18(21(14-16)17(2)22)15-23(19-9-5-3-6-10-19)20-11-7-4-8-12-20/h3-12,16,18H,13-15H2,1-2H3/t16?,18-/m0/s1. The molecule has 1 amide bonds. The average molecular weight is 325 g/mol. The molecule has 0 saturated carbocycles. The molecule has 2 aromatic rings. The number of carbonyl (C=O) groups is 1. The number of amides is 1. The summed E-state index contributed by atoms with van der Waals surface area (Å²) in [6, 6.07) is 21.9. The predicted octanol–water partition coefficient (Wildman–Crippen LogP) is 3.38. The maximum absolute atomic E-state index is 12.0. The van der Waals surface area contributed by atoms with Gasteiger partial charge < -0.3 is 4.90 Å². The van der Waals surface area contributed by atoms with Crippen molar-refractivity contribution in [1.29, 1.82) is 0 Å². The van der Waals surface area contributed by atoms with Gasteiger partial charge in [-0.3, -0.25) is 4.79 Å². The molecule has 0 radical (unpaired) electrons. The van der Waals surface area contributed by atoms with E-state index in [0.29, 0.717) is 12.0 Å². The van der Waals surface area contributed by atoms with Crippen LogP contribution in [0.3, 0.4) is 0 Å². The van der Waals surface area contributed by atoms with Crippen LogP contribution in [0.2, 0.25) is 0 Å². The molecule has 0 bridgehead atoms. The van der Waals surface area contributed by atoms with Crippen molar-refractivity contribution in [3.63, 3.8) is 0 Å². The lowest BCUT2D eigenvalue weighted by atomic mass is 10.1. The second-order valence-corrected chi connectivity index (χ2v) is 8.70. The Morgan fingerprint density at radius 1 is 1.04 bits per heavy atom. The predicted molar refractivity (Wildman–Crippen MR) is 98.9 cm³/mol. The lowest BCUT2D eigenvalue weighted by Crippen LogP contribution is -2.37. The third-order valence-corrected chi connectivity index (χ3v) is 7.19. The first kappa shape index (κ1) is 16.2. The topological polar surface area (TPSA) is 20.3 Å². The van der Waals surface area contributed by atoms with Crippen molar-refractivity contribution in [2.45, 2.75) is 26.3 Å². The minimum Gasteiger partial charge on any atom is -0.339 e.